The predicted octanol–water partition coefficient (Wildman–Crippen LogP) is 4.44. The highest BCUT2D eigenvalue weighted by Crippen LogP contribution is 2.34. The molecule has 45 heavy (non-hydrogen) atoms. The summed E-state index contributed by atoms with van der Waals surface area (Å²) >= 11 is 0. The molecule has 1 saturated heterocycles. The summed E-state index contributed by atoms with van der Waals surface area (Å²) < 4.78 is 38.0. The summed E-state index contributed by atoms with van der Waals surface area (Å²) in [4.78, 5) is 28.9. The highest BCUT2D eigenvalue weighted by atomic mass is 19.1. The first-order valence-electron chi connectivity index (χ1n) is 14.8. The van der Waals surface area contributed by atoms with Crippen LogP contribution in [-0.4, -0.2) is 65.7 Å². The Hall–Kier alpha value is -5.46. The number of hydrogen-bond donors (Lipinski definition) is 1. The number of aromatic nitrogens is 7. The Labute approximate surface area is 255 Å². The van der Waals surface area contributed by atoms with Crippen molar-refractivity contribution in [2.75, 3.05) is 18.0 Å². The Kier molecular flexibility index (Phi) is 6.58. The zero-order valence-corrected chi connectivity index (χ0v) is 24.0. The van der Waals surface area contributed by atoms with E-state index in [1.165, 1.54) is 23.3 Å². The minimum absolute atomic E-state index is 0.0497. The zero-order valence-electron chi connectivity index (χ0n) is 24.0. The molecule has 1 N–H and O–H groups in total. The zero-order chi connectivity index (χ0) is 30.5. The lowest BCUT2D eigenvalue weighted by Gasteiger charge is -2.25. The molecule has 2 atom stereocenters. The molecular formula is C32H27F2N9O2. The molecule has 4 aromatic heterocycles. The molecule has 11 nitrogen and oxygen atoms in total. The van der Waals surface area contributed by atoms with E-state index in [0.29, 0.717) is 42.2 Å². The van der Waals surface area contributed by atoms with Crippen molar-refractivity contribution >= 4 is 33.7 Å². The molecule has 0 aliphatic carbocycles. The van der Waals surface area contributed by atoms with Gasteiger partial charge in [-0.25, -0.2) is 28.4 Å². The number of ether oxygens (including phenoxy) is 1. The van der Waals surface area contributed by atoms with Crippen LogP contribution >= 0.6 is 0 Å². The minimum Gasteiger partial charge on any atom is -0.472 e. The van der Waals surface area contributed by atoms with Gasteiger partial charge in [0, 0.05) is 49.4 Å². The van der Waals surface area contributed by atoms with Crippen LogP contribution in [0.5, 0.6) is 5.88 Å². The fraction of sp³-hybridized carbons (Fsp3) is 0.250. The fourth-order valence-electron chi connectivity index (χ4n) is 6.25. The number of anilines is 1. The summed E-state index contributed by atoms with van der Waals surface area (Å²) in [6.07, 6.45) is 8.30. The van der Waals surface area contributed by atoms with E-state index in [2.05, 4.69) is 37.6 Å². The average Bonchev–Trinajstić information content (AvgIpc) is 3.77. The van der Waals surface area contributed by atoms with Gasteiger partial charge < -0.3 is 15.0 Å². The van der Waals surface area contributed by atoms with Gasteiger partial charge in [-0.1, -0.05) is 12.1 Å². The second kappa shape index (κ2) is 10.9. The van der Waals surface area contributed by atoms with Crippen LogP contribution < -0.4 is 15.0 Å². The van der Waals surface area contributed by atoms with E-state index in [0.717, 1.165) is 53.5 Å². The topological polar surface area (TPSA) is 116 Å². The summed E-state index contributed by atoms with van der Waals surface area (Å²) in [5.74, 6) is -0.699. The Morgan fingerprint density at radius 3 is 2.84 bits per heavy atom. The number of carbonyl (C=O) groups is 1. The molecule has 1 amide bonds. The highest BCUT2D eigenvalue weighted by Gasteiger charge is 2.40. The highest BCUT2D eigenvalue weighted by molar-refractivity contribution is 5.95. The van der Waals surface area contributed by atoms with Crippen molar-refractivity contribution in [2.24, 2.45) is 0 Å². The van der Waals surface area contributed by atoms with Gasteiger partial charge in [0.15, 0.2) is 11.5 Å². The number of rotatable bonds is 2. The number of nitrogens with zero attached hydrogens (tertiary/aromatic N) is 8. The van der Waals surface area contributed by atoms with Crippen molar-refractivity contribution in [1.82, 2.24) is 39.8 Å². The summed E-state index contributed by atoms with van der Waals surface area (Å²) in [6.45, 7) is 1.57. The first-order chi connectivity index (χ1) is 22.0. The van der Waals surface area contributed by atoms with Gasteiger partial charge in [-0.2, -0.15) is 10.2 Å². The maximum Gasteiger partial charge on any atom is 0.242 e. The van der Waals surface area contributed by atoms with E-state index in [9.17, 15) is 13.6 Å². The molecule has 13 heteroatoms. The molecule has 1 fully saturated rings. The molecule has 2 aliphatic rings. The average molecular weight is 608 g/mol. The van der Waals surface area contributed by atoms with Crippen LogP contribution in [0, 0.1) is 11.6 Å². The van der Waals surface area contributed by atoms with Crippen LogP contribution in [0.4, 0.5) is 14.6 Å². The van der Waals surface area contributed by atoms with E-state index in [-0.39, 0.29) is 17.7 Å². The van der Waals surface area contributed by atoms with Crippen LogP contribution in [0.3, 0.4) is 0 Å². The lowest BCUT2D eigenvalue weighted by atomic mass is 10.0. The Morgan fingerprint density at radius 2 is 1.93 bits per heavy atom. The quantitative estimate of drug-likeness (QED) is 0.307. The number of nitrogens with one attached hydrogen (secondary N) is 1. The summed E-state index contributed by atoms with van der Waals surface area (Å²) in [7, 11) is 0. The normalized spacial score (nSPS) is 18.7. The third-order valence-corrected chi connectivity index (χ3v) is 8.36. The second-order valence-electron chi connectivity index (χ2n) is 11.2. The van der Waals surface area contributed by atoms with Gasteiger partial charge in [0.25, 0.3) is 0 Å². The second-order valence-corrected chi connectivity index (χ2v) is 11.2. The standard InChI is InChI=1S/C32H27F2N9O2/c33-20-6-7-27(25(34)13-20)43-31-23(15-39-43)30(37-18-38-31)42-16-21-14-28(42)32(44)36-9-1-2-11-41-17-24-22(4-3-5-26(24)40-41)19-8-10-35-29(12-19)45-21/h3-8,10,12-13,15,17-18,21,28H,1-2,9,11,14,16H2,(H,36,44)/t21-,28-/m0/s1. The number of halogens is 2. The van der Waals surface area contributed by atoms with Gasteiger partial charge in [0.1, 0.15) is 35.8 Å². The first-order valence-corrected chi connectivity index (χ1v) is 14.8. The molecule has 0 radical (unpaired) electrons. The molecule has 226 valence electrons. The number of fused-ring (bicyclic) bond motifs is 7. The van der Waals surface area contributed by atoms with Crippen LogP contribution in [-0.2, 0) is 11.3 Å². The van der Waals surface area contributed by atoms with Gasteiger partial charge in [0.05, 0.1) is 23.6 Å². The maximum atomic E-state index is 14.7. The Balaban J connectivity index is 1.16. The predicted molar refractivity (Wildman–Crippen MR) is 162 cm³/mol. The molecule has 0 saturated carbocycles. The molecule has 6 aromatic rings. The van der Waals surface area contributed by atoms with Gasteiger partial charge >= 0.3 is 0 Å². The minimum atomic E-state index is -0.773. The molecule has 2 aromatic carbocycles. The van der Waals surface area contributed by atoms with Crippen molar-refractivity contribution in [3.05, 3.63) is 85.1 Å². The molecular weight excluding hydrogens is 580 g/mol. The van der Waals surface area contributed by atoms with Gasteiger partial charge in [-0.3, -0.25) is 9.48 Å². The van der Waals surface area contributed by atoms with E-state index in [4.69, 9.17) is 9.84 Å². The van der Waals surface area contributed by atoms with Crippen molar-refractivity contribution < 1.29 is 18.3 Å². The van der Waals surface area contributed by atoms with Crippen LogP contribution in [0.2, 0.25) is 0 Å². The Bertz CT molecular complexity index is 2080. The summed E-state index contributed by atoms with van der Waals surface area (Å²) in [6, 6.07) is 12.6. The fourth-order valence-corrected chi connectivity index (χ4v) is 6.25. The molecule has 0 spiro atoms. The largest absolute Gasteiger partial charge is 0.472 e. The molecule has 0 unspecified atom stereocenters. The van der Waals surface area contributed by atoms with Crippen molar-refractivity contribution in [3.8, 4) is 22.7 Å². The number of aryl methyl sites for hydroxylation is 1. The van der Waals surface area contributed by atoms with Crippen molar-refractivity contribution in [3.63, 3.8) is 0 Å². The van der Waals surface area contributed by atoms with E-state index in [1.807, 2.05) is 33.8 Å². The lowest BCUT2D eigenvalue weighted by Crippen LogP contribution is -2.44. The van der Waals surface area contributed by atoms with Crippen LogP contribution in [0.25, 0.3) is 38.8 Å². The summed E-state index contributed by atoms with van der Waals surface area (Å²) in [5, 5.41) is 13.8. The van der Waals surface area contributed by atoms with Crippen LogP contribution in [0.15, 0.2) is 73.4 Å². The molecule has 6 bridgehead atoms. The SMILES string of the molecule is O=C1NCCCCn2cc3c(cccc3n2)-c2ccnc(c2)O[C@H]2C[C@@H]1N(c1ncnc3c1cnn3-c1ccc(F)cc1F)C2. The van der Waals surface area contributed by atoms with E-state index in [1.54, 1.807) is 6.20 Å². The molecule has 2 aliphatic heterocycles. The van der Waals surface area contributed by atoms with Crippen molar-refractivity contribution in [1.29, 1.82) is 0 Å². The number of carbonyl (C=O) groups excluding carboxylic acids is 1. The number of pyridine rings is 1. The Morgan fingerprint density at radius 1 is 1.00 bits per heavy atom. The van der Waals surface area contributed by atoms with Crippen molar-refractivity contribution in [2.45, 2.75) is 38.0 Å². The number of benzene rings is 2. The van der Waals surface area contributed by atoms with Crippen LogP contribution in [0.1, 0.15) is 19.3 Å². The number of amides is 1. The molecule has 8 rings (SSSR count). The van der Waals surface area contributed by atoms with E-state index < -0.39 is 17.7 Å². The van der Waals surface area contributed by atoms with Gasteiger partial charge in [0.2, 0.25) is 11.8 Å². The first kappa shape index (κ1) is 27.1. The molecule has 6 heterocycles. The van der Waals surface area contributed by atoms with E-state index >= 15 is 0 Å². The smallest absolute Gasteiger partial charge is 0.242 e. The third kappa shape index (κ3) is 4.89. The number of hydrogen-bond acceptors (Lipinski definition) is 8. The maximum absolute atomic E-state index is 14.7. The third-order valence-electron chi connectivity index (χ3n) is 8.36. The van der Waals surface area contributed by atoms with Gasteiger partial charge in [-0.05, 0) is 48.2 Å². The lowest BCUT2D eigenvalue weighted by molar-refractivity contribution is -0.122. The summed E-state index contributed by atoms with van der Waals surface area (Å²) in [5.41, 5.74) is 3.28. The monoisotopic (exact) mass is 607 g/mol. The van der Waals surface area contributed by atoms with Gasteiger partial charge in [-0.15, -0.1) is 0 Å².